The number of carbonyl (C=O) groups is 2. The van der Waals surface area contributed by atoms with Crippen LogP contribution in [-0.2, 0) is 20.9 Å². The fourth-order valence-electron chi connectivity index (χ4n) is 4.99. The van der Waals surface area contributed by atoms with Gasteiger partial charge < -0.3 is 20.7 Å². The van der Waals surface area contributed by atoms with Crippen LogP contribution in [0.5, 0.6) is 0 Å². The highest BCUT2D eigenvalue weighted by molar-refractivity contribution is 5.92. The normalized spacial score (nSPS) is 32.2. The Morgan fingerprint density at radius 1 is 1.42 bits per heavy atom. The van der Waals surface area contributed by atoms with Gasteiger partial charge in [0.05, 0.1) is 30.1 Å². The van der Waals surface area contributed by atoms with Crippen LogP contribution in [0.3, 0.4) is 0 Å². The lowest BCUT2D eigenvalue weighted by Crippen LogP contribution is -2.45. The molecule has 6 nitrogen and oxygen atoms in total. The van der Waals surface area contributed by atoms with Gasteiger partial charge in [-0.2, -0.15) is 0 Å². The standard InChI is InChI=1S/C20H27N3O3/c1-12-4-3-5-14(13(12)2)10-22-18(24)16-15-6-7-20(26-15)11-23(9-8-21)19(25)17(16)20/h3-5,15-17H,6-11,21H2,1-2H3,(H,22,24)/t15-,16-,17+,20-/m0/s1. The van der Waals surface area contributed by atoms with Crippen LogP contribution >= 0.6 is 0 Å². The molecule has 26 heavy (non-hydrogen) atoms. The Balaban J connectivity index is 1.50. The summed E-state index contributed by atoms with van der Waals surface area (Å²) in [6.07, 6.45) is 1.57. The molecule has 0 saturated carbocycles. The van der Waals surface area contributed by atoms with Crippen molar-refractivity contribution >= 4 is 11.8 Å². The van der Waals surface area contributed by atoms with Crippen molar-refractivity contribution in [3.63, 3.8) is 0 Å². The Kier molecular flexibility index (Phi) is 4.28. The summed E-state index contributed by atoms with van der Waals surface area (Å²) < 4.78 is 6.20. The molecule has 0 aromatic heterocycles. The molecular formula is C20H27N3O3. The average molecular weight is 357 g/mol. The summed E-state index contributed by atoms with van der Waals surface area (Å²) in [4.78, 5) is 27.6. The van der Waals surface area contributed by atoms with E-state index in [-0.39, 0.29) is 29.8 Å². The number of aryl methyl sites for hydroxylation is 1. The molecule has 3 N–H and O–H groups in total. The summed E-state index contributed by atoms with van der Waals surface area (Å²) in [5.41, 5.74) is 8.68. The first-order valence-electron chi connectivity index (χ1n) is 9.46. The summed E-state index contributed by atoms with van der Waals surface area (Å²) in [5, 5.41) is 3.06. The minimum absolute atomic E-state index is 0.0320. The van der Waals surface area contributed by atoms with Crippen LogP contribution in [-0.4, -0.2) is 48.1 Å². The number of nitrogens with one attached hydrogen (secondary N) is 1. The number of nitrogens with zero attached hydrogens (tertiary/aromatic N) is 1. The molecular weight excluding hydrogens is 330 g/mol. The number of hydrogen-bond acceptors (Lipinski definition) is 4. The molecule has 2 bridgehead atoms. The van der Waals surface area contributed by atoms with Gasteiger partial charge in [0.2, 0.25) is 11.8 Å². The predicted molar refractivity (Wildman–Crippen MR) is 97.2 cm³/mol. The van der Waals surface area contributed by atoms with E-state index in [0.717, 1.165) is 18.4 Å². The van der Waals surface area contributed by atoms with Gasteiger partial charge in [-0.3, -0.25) is 9.59 Å². The summed E-state index contributed by atoms with van der Waals surface area (Å²) in [6, 6.07) is 6.10. The number of fused-ring (bicyclic) bond motifs is 1. The molecule has 0 unspecified atom stereocenters. The van der Waals surface area contributed by atoms with Gasteiger partial charge >= 0.3 is 0 Å². The monoisotopic (exact) mass is 357 g/mol. The van der Waals surface area contributed by atoms with E-state index in [0.29, 0.717) is 26.2 Å². The minimum atomic E-state index is -0.474. The first-order valence-corrected chi connectivity index (χ1v) is 9.46. The molecule has 3 aliphatic rings. The smallest absolute Gasteiger partial charge is 0.229 e. The largest absolute Gasteiger partial charge is 0.368 e. The number of amides is 2. The fraction of sp³-hybridized carbons (Fsp3) is 0.600. The average Bonchev–Trinajstić information content (AvgIpc) is 3.25. The van der Waals surface area contributed by atoms with Crippen molar-refractivity contribution < 1.29 is 14.3 Å². The molecule has 4 rings (SSSR count). The van der Waals surface area contributed by atoms with E-state index >= 15 is 0 Å². The molecule has 3 aliphatic heterocycles. The minimum Gasteiger partial charge on any atom is -0.368 e. The number of benzene rings is 1. The summed E-state index contributed by atoms with van der Waals surface area (Å²) in [7, 11) is 0. The molecule has 1 aromatic carbocycles. The van der Waals surface area contributed by atoms with Crippen LogP contribution in [0, 0.1) is 25.7 Å². The van der Waals surface area contributed by atoms with Gasteiger partial charge in [-0.1, -0.05) is 18.2 Å². The Morgan fingerprint density at radius 3 is 3.00 bits per heavy atom. The van der Waals surface area contributed by atoms with E-state index in [1.807, 2.05) is 12.1 Å². The number of rotatable bonds is 5. The molecule has 1 aromatic rings. The highest BCUT2D eigenvalue weighted by Gasteiger charge is 2.68. The second kappa shape index (κ2) is 6.35. The first kappa shape index (κ1) is 17.5. The second-order valence-corrected chi connectivity index (χ2v) is 7.89. The maximum absolute atomic E-state index is 13.0. The first-order chi connectivity index (χ1) is 12.5. The molecule has 4 atom stereocenters. The van der Waals surface area contributed by atoms with Crippen molar-refractivity contribution in [2.45, 2.75) is 44.9 Å². The van der Waals surface area contributed by atoms with Crippen LogP contribution in [0.15, 0.2) is 18.2 Å². The zero-order chi connectivity index (χ0) is 18.5. The molecule has 0 aliphatic carbocycles. The van der Waals surface area contributed by atoms with E-state index in [1.54, 1.807) is 4.90 Å². The number of likely N-dealkylation sites (tertiary alicyclic amines) is 1. The Morgan fingerprint density at radius 2 is 2.23 bits per heavy atom. The lowest BCUT2D eigenvalue weighted by molar-refractivity contribution is -0.138. The highest BCUT2D eigenvalue weighted by atomic mass is 16.5. The fourth-order valence-corrected chi connectivity index (χ4v) is 4.99. The lowest BCUT2D eigenvalue weighted by atomic mass is 9.73. The third kappa shape index (κ3) is 2.55. The van der Waals surface area contributed by atoms with Crippen LogP contribution in [0.1, 0.15) is 29.5 Å². The van der Waals surface area contributed by atoms with Gasteiger partial charge in [0, 0.05) is 19.6 Å². The van der Waals surface area contributed by atoms with Crippen molar-refractivity contribution in [3.05, 3.63) is 34.9 Å². The van der Waals surface area contributed by atoms with Gasteiger partial charge in [-0.15, -0.1) is 0 Å². The second-order valence-electron chi connectivity index (χ2n) is 7.89. The molecule has 3 fully saturated rings. The van der Waals surface area contributed by atoms with Gasteiger partial charge in [0.1, 0.15) is 0 Å². The van der Waals surface area contributed by atoms with Crippen molar-refractivity contribution in [1.29, 1.82) is 0 Å². The van der Waals surface area contributed by atoms with Crippen molar-refractivity contribution in [2.75, 3.05) is 19.6 Å². The number of nitrogens with two attached hydrogens (primary N) is 1. The molecule has 3 heterocycles. The topological polar surface area (TPSA) is 84.7 Å². The zero-order valence-corrected chi connectivity index (χ0v) is 15.5. The molecule has 0 radical (unpaired) electrons. The maximum Gasteiger partial charge on any atom is 0.229 e. The Labute approximate surface area is 154 Å². The molecule has 3 saturated heterocycles. The number of ether oxygens (including phenoxy) is 1. The molecule has 140 valence electrons. The third-order valence-corrected chi connectivity index (χ3v) is 6.47. The van der Waals surface area contributed by atoms with Gasteiger partial charge in [0.15, 0.2) is 0 Å². The quantitative estimate of drug-likeness (QED) is 0.819. The van der Waals surface area contributed by atoms with Crippen LogP contribution in [0.2, 0.25) is 0 Å². The van der Waals surface area contributed by atoms with E-state index in [2.05, 4.69) is 25.2 Å². The maximum atomic E-state index is 13.0. The molecule has 2 amide bonds. The highest BCUT2D eigenvalue weighted by Crippen LogP contribution is 2.55. The van der Waals surface area contributed by atoms with Crippen LogP contribution in [0.25, 0.3) is 0 Å². The lowest BCUT2D eigenvalue weighted by Gasteiger charge is -2.27. The Hall–Kier alpha value is -1.92. The van der Waals surface area contributed by atoms with Gasteiger partial charge in [-0.05, 0) is 43.4 Å². The summed E-state index contributed by atoms with van der Waals surface area (Å²) >= 11 is 0. The number of carbonyl (C=O) groups excluding carboxylic acids is 2. The van der Waals surface area contributed by atoms with E-state index in [9.17, 15) is 9.59 Å². The van der Waals surface area contributed by atoms with Crippen molar-refractivity contribution in [1.82, 2.24) is 10.2 Å². The zero-order valence-electron chi connectivity index (χ0n) is 15.5. The van der Waals surface area contributed by atoms with E-state index < -0.39 is 5.60 Å². The Bertz CT molecular complexity index is 750. The van der Waals surface area contributed by atoms with Crippen LogP contribution < -0.4 is 11.1 Å². The van der Waals surface area contributed by atoms with Crippen molar-refractivity contribution in [2.24, 2.45) is 17.6 Å². The van der Waals surface area contributed by atoms with Gasteiger partial charge in [0.25, 0.3) is 0 Å². The molecule has 1 spiro atoms. The summed E-state index contributed by atoms with van der Waals surface area (Å²) in [6.45, 7) is 6.15. The number of hydrogen-bond donors (Lipinski definition) is 2. The van der Waals surface area contributed by atoms with Gasteiger partial charge in [-0.25, -0.2) is 0 Å². The van der Waals surface area contributed by atoms with Crippen molar-refractivity contribution in [3.8, 4) is 0 Å². The van der Waals surface area contributed by atoms with Crippen LogP contribution in [0.4, 0.5) is 0 Å². The SMILES string of the molecule is Cc1cccc(CNC(=O)[C@H]2[C@@H]3CC[C@@]4(CN(CCN)C(=O)[C@@H]24)O3)c1C. The van der Waals surface area contributed by atoms with E-state index in [4.69, 9.17) is 10.5 Å². The third-order valence-electron chi connectivity index (χ3n) is 6.47. The van der Waals surface area contributed by atoms with E-state index in [1.165, 1.54) is 11.1 Å². The molecule has 6 heteroatoms. The summed E-state index contributed by atoms with van der Waals surface area (Å²) in [5.74, 6) is -0.773. The predicted octanol–water partition coefficient (Wildman–Crippen LogP) is 0.884.